The molecule has 0 spiro atoms. The number of Topliss-reactive ketones (excluding diaryl/α,β-unsaturated/α-hetero) is 1. The SMILES string of the molecule is COC1(c2cccc(CC(C)C)c2)CCC(=O)CC1. The fourth-order valence-corrected chi connectivity index (χ4v) is 3.00. The Bertz CT molecular complexity index is 438. The van der Waals surface area contributed by atoms with Gasteiger partial charge < -0.3 is 4.74 Å². The van der Waals surface area contributed by atoms with Crippen LogP contribution in [0.15, 0.2) is 24.3 Å². The lowest BCUT2D eigenvalue weighted by molar-refractivity contribution is -0.127. The Hall–Kier alpha value is -1.15. The van der Waals surface area contributed by atoms with Crippen LogP contribution in [0.5, 0.6) is 0 Å². The molecule has 1 saturated carbocycles. The van der Waals surface area contributed by atoms with Gasteiger partial charge in [-0.3, -0.25) is 4.79 Å². The van der Waals surface area contributed by atoms with Gasteiger partial charge >= 0.3 is 0 Å². The molecule has 2 rings (SSSR count). The smallest absolute Gasteiger partial charge is 0.133 e. The van der Waals surface area contributed by atoms with Crippen LogP contribution >= 0.6 is 0 Å². The highest BCUT2D eigenvalue weighted by Crippen LogP contribution is 2.39. The largest absolute Gasteiger partial charge is 0.374 e. The highest BCUT2D eigenvalue weighted by Gasteiger charge is 2.36. The lowest BCUT2D eigenvalue weighted by atomic mass is 9.78. The minimum absolute atomic E-state index is 0.249. The molecule has 0 saturated heterocycles. The van der Waals surface area contributed by atoms with E-state index in [-0.39, 0.29) is 5.60 Å². The van der Waals surface area contributed by atoms with Crippen molar-refractivity contribution in [1.82, 2.24) is 0 Å². The molecule has 0 amide bonds. The number of methoxy groups -OCH3 is 1. The third-order valence-electron chi connectivity index (χ3n) is 4.10. The Morgan fingerprint density at radius 3 is 2.53 bits per heavy atom. The van der Waals surface area contributed by atoms with Gasteiger partial charge in [0, 0.05) is 20.0 Å². The first-order chi connectivity index (χ1) is 9.05. The number of rotatable bonds is 4. The van der Waals surface area contributed by atoms with E-state index in [0.717, 1.165) is 19.3 Å². The summed E-state index contributed by atoms with van der Waals surface area (Å²) >= 11 is 0. The van der Waals surface area contributed by atoms with Crippen LogP contribution in [-0.4, -0.2) is 12.9 Å². The van der Waals surface area contributed by atoms with E-state index in [2.05, 4.69) is 38.1 Å². The average molecular weight is 260 g/mol. The van der Waals surface area contributed by atoms with E-state index in [4.69, 9.17) is 4.74 Å². The summed E-state index contributed by atoms with van der Waals surface area (Å²) in [5, 5.41) is 0. The number of hydrogen-bond donors (Lipinski definition) is 0. The van der Waals surface area contributed by atoms with Crippen LogP contribution in [0.4, 0.5) is 0 Å². The zero-order valence-corrected chi connectivity index (χ0v) is 12.2. The fourth-order valence-electron chi connectivity index (χ4n) is 3.00. The maximum atomic E-state index is 11.5. The van der Waals surface area contributed by atoms with Crippen molar-refractivity contribution in [3.63, 3.8) is 0 Å². The van der Waals surface area contributed by atoms with E-state index in [9.17, 15) is 4.79 Å². The molecule has 1 aliphatic rings. The van der Waals surface area contributed by atoms with Gasteiger partial charge in [-0.05, 0) is 36.3 Å². The number of benzene rings is 1. The summed E-state index contributed by atoms with van der Waals surface area (Å²) in [6.07, 6.45) is 4.00. The van der Waals surface area contributed by atoms with Crippen molar-refractivity contribution in [1.29, 1.82) is 0 Å². The van der Waals surface area contributed by atoms with Crippen molar-refractivity contribution in [3.05, 3.63) is 35.4 Å². The second-order valence-electron chi connectivity index (χ2n) is 6.04. The molecule has 0 unspecified atom stereocenters. The molecule has 19 heavy (non-hydrogen) atoms. The fraction of sp³-hybridized carbons (Fsp3) is 0.588. The lowest BCUT2D eigenvalue weighted by Crippen LogP contribution is -2.33. The summed E-state index contributed by atoms with van der Waals surface area (Å²) in [5.74, 6) is 1.02. The zero-order chi connectivity index (χ0) is 13.9. The van der Waals surface area contributed by atoms with E-state index in [1.807, 2.05) is 0 Å². The number of hydrogen-bond acceptors (Lipinski definition) is 2. The highest BCUT2D eigenvalue weighted by molar-refractivity contribution is 5.79. The van der Waals surface area contributed by atoms with Gasteiger partial charge in [0.05, 0.1) is 5.60 Å². The third-order valence-corrected chi connectivity index (χ3v) is 4.10. The topological polar surface area (TPSA) is 26.3 Å². The summed E-state index contributed by atoms with van der Waals surface area (Å²) in [6, 6.07) is 8.70. The van der Waals surface area contributed by atoms with Gasteiger partial charge in [0.15, 0.2) is 0 Å². The van der Waals surface area contributed by atoms with E-state index in [1.54, 1.807) is 7.11 Å². The molecular formula is C17H24O2. The molecule has 0 bridgehead atoms. The van der Waals surface area contributed by atoms with Crippen molar-refractivity contribution in [2.45, 2.75) is 51.6 Å². The molecule has 0 atom stereocenters. The second-order valence-corrected chi connectivity index (χ2v) is 6.04. The first-order valence-electron chi connectivity index (χ1n) is 7.22. The van der Waals surface area contributed by atoms with Crippen molar-refractivity contribution < 1.29 is 9.53 Å². The van der Waals surface area contributed by atoms with E-state index in [0.29, 0.717) is 24.5 Å². The van der Waals surface area contributed by atoms with E-state index >= 15 is 0 Å². The molecule has 0 N–H and O–H groups in total. The van der Waals surface area contributed by atoms with Gasteiger partial charge in [0.2, 0.25) is 0 Å². The first kappa shape index (κ1) is 14.3. The van der Waals surface area contributed by atoms with Crippen LogP contribution in [0.25, 0.3) is 0 Å². The highest BCUT2D eigenvalue weighted by atomic mass is 16.5. The number of carbonyl (C=O) groups is 1. The maximum absolute atomic E-state index is 11.5. The zero-order valence-electron chi connectivity index (χ0n) is 12.2. The standard InChI is InChI=1S/C17H24O2/c1-13(2)11-14-5-4-6-15(12-14)17(19-3)9-7-16(18)8-10-17/h4-6,12-13H,7-11H2,1-3H3. The molecule has 0 radical (unpaired) electrons. The van der Waals surface area contributed by atoms with E-state index < -0.39 is 0 Å². The van der Waals surface area contributed by atoms with Gasteiger partial charge in [-0.1, -0.05) is 38.1 Å². The minimum atomic E-state index is -0.249. The lowest BCUT2D eigenvalue weighted by Gasteiger charge is -2.36. The molecule has 1 aromatic carbocycles. The van der Waals surface area contributed by atoms with Crippen molar-refractivity contribution in [3.8, 4) is 0 Å². The van der Waals surface area contributed by atoms with Crippen molar-refractivity contribution >= 4 is 5.78 Å². The van der Waals surface area contributed by atoms with Crippen LogP contribution in [-0.2, 0) is 21.6 Å². The summed E-state index contributed by atoms with van der Waals surface area (Å²) in [7, 11) is 1.77. The van der Waals surface area contributed by atoms with Crippen LogP contribution in [0.1, 0.15) is 50.7 Å². The van der Waals surface area contributed by atoms with Gasteiger partial charge in [-0.15, -0.1) is 0 Å². The van der Waals surface area contributed by atoms with Crippen LogP contribution in [0, 0.1) is 5.92 Å². The number of ketones is 1. The molecule has 2 nitrogen and oxygen atoms in total. The Morgan fingerprint density at radius 1 is 1.26 bits per heavy atom. The molecule has 1 fully saturated rings. The Balaban J connectivity index is 2.25. The van der Waals surface area contributed by atoms with Gasteiger partial charge in [-0.2, -0.15) is 0 Å². The first-order valence-corrected chi connectivity index (χ1v) is 7.22. The number of carbonyl (C=O) groups excluding carboxylic acids is 1. The summed E-state index contributed by atoms with van der Waals surface area (Å²) in [4.78, 5) is 11.5. The second kappa shape index (κ2) is 5.87. The van der Waals surface area contributed by atoms with Crippen LogP contribution < -0.4 is 0 Å². The van der Waals surface area contributed by atoms with Gasteiger partial charge in [-0.25, -0.2) is 0 Å². The number of ether oxygens (including phenoxy) is 1. The maximum Gasteiger partial charge on any atom is 0.133 e. The molecule has 1 aromatic rings. The monoisotopic (exact) mass is 260 g/mol. The van der Waals surface area contributed by atoms with Gasteiger partial charge in [0.1, 0.15) is 5.78 Å². The summed E-state index contributed by atoms with van der Waals surface area (Å²) in [6.45, 7) is 4.47. The summed E-state index contributed by atoms with van der Waals surface area (Å²) < 4.78 is 5.82. The van der Waals surface area contributed by atoms with Crippen LogP contribution in [0.2, 0.25) is 0 Å². The van der Waals surface area contributed by atoms with Crippen LogP contribution in [0.3, 0.4) is 0 Å². The summed E-state index contributed by atoms with van der Waals surface area (Å²) in [5.41, 5.74) is 2.35. The Morgan fingerprint density at radius 2 is 1.95 bits per heavy atom. The minimum Gasteiger partial charge on any atom is -0.374 e. The Labute approximate surface area is 116 Å². The van der Waals surface area contributed by atoms with Crippen molar-refractivity contribution in [2.75, 3.05) is 7.11 Å². The van der Waals surface area contributed by atoms with E-state index in [1.165, 1.54) is 11.1 Å². The molecule has 1 aliphatic carbocycles. The average Bonchev–Trinajstić information content (AvgIpc) is 2.40. The molecule has 0 heterocycles. The molecule has 104 valence electrons. The quantitative estimate of drug-likeness (QED) is 0.821. The molecular weight excluding hydrogens is 236 g/mol. The third kappa shape index (κ3) is 3.24. The van der Waals surface area contributed by atoms with Gasteiger partial charge in [0.25, 0.3) is 0 Å². The predicted octanol–water partition coefficient (Wildman–Crippen LogP) is 3.87. The molecule has 2 heteroatoms. The normalized spacial score (nSPS) is 18.8. The predicted molar refractivity (Wildman–Crippen MR) is 77.1 cm³/mol. The molecule has 0 aliphatic heterocycles. The molecule has 0 aromatic heterocycles. The van der Waals surface area contributed by atoms with Crippen molar-refractivity contribution in [2.24, 2.45) is 5.92 Å². The Kier molecular flexibility index (Phi) is 4.41.